The van der Waals surface area contributed by atoms with Gasteiger partial charge in [-0.25, -0.2) is 0 Å². The van der Waals surface area contributed by atoms with Crippen LogP contribution in [0.2, 0.25) is 0 Å². The maximum absolute atomic E-state index is 5.67. The molecule has 0 amide bonds. The first kappa shape index (κ1) is 10.3. The molecule has 0 unspecified atom stereocenters. The number of fused-ring (bicyclic) bond motifs is 1. The zero-order chi connectivity index (χ0) is 10.7. The Labute approximate surface area is 90.4 Å². The second kappa shape index (κ2) is 4.53. The fraction of sp³-hybridized carbons (Fsp3) is 0.500. The summed E-state index contributed by atoms with van der Waals surface area (Å²) in [6.07, 6.45) is 1.02. The lowest BCUT2D eigenvalue weighted by molar-refractivity contribution is 0.306. The van der Waals surface area contributed by atoms with E-state index in [0.29, 0.717) is 6.61 Å². The normalized spacial score (nSPS) is 14.5. The van der Waals surface area contributed by atoms with E-state index in [-0.39, 0.29) is 0 Å². The number of ether oxygens (including phenoxy) is 2. The van der Waals surface area contributed by atoms with Gasteiger partial charge in [0.05, 0.1) is 13.7 Å². The van der Waals surface area contributed by atoms with E-state index in [1.807, 2.05) is 13.0 Å². The second-order valence-corrected chi connectivity index (χ2v) is 3.59. The summed E-state index contributed by atoms with van der Waals surface area (Å²) in [5, 5.41) is 3.35. The molecule has 3 nitrogen and oxygen atoms in total. The van der Waals surface area contributed by atoms with Gasteiger partial charge >= 0.3 is 0 Å². The monoisotopic (exact) mass is 207 g/mol. The highest BCUT2D eigenvalue weighted by atomic mass is 16.5. The summed E-state index contributed by atoms with van der Waals surface area (Å²) >= 11 is 0. The molecule has 15 heavy (non-hydrogen) atoms. The smallest absolute Gasteiger partial charge is 0.164 e. The van der Waals surface area contributed by atoms with Crippen LogP contribution in [0.15, 0.2) is 12.1 Å². The minimum Gasteiger partial charge on any atom is -0.493 e. The van der Waals surface area contributed by atoms with Gasteiger partial charge in [0.25, 0.3) is 0 Å². The molecule has 0 spiro atoms. The maximum atomic E-state index is 5.67. The summed E-state index contributed by atoms with van der Waals surface area (Å²) in [6.45, 7) is 4.62. The second-order valence-electron chi connectivity index (χ2n) is 3.59. The summed E-state index contributed by atoms with van der Waals surface area (Å²) in [6, 6.07) is 4.10. The third kappa shape index (κ3) is 1.92. The standard InChI is InChI=1S/C12H17NO2/c1-3-15-12-10-6-7-13-8-9(10)4-5-11(12)14-2/h4-5,13H,3,6-8H2,1-2H3. The van der Waals surface area contributed by atoms with E-state index in [1.54, 1.807) is 7.11 Å². The molecule has 0 aliphatic carbocycles. The van der Waals surface area contributed by atoms with Crippen LogP contribution in [0.5, 0.6) is 11.5 Å². The minimum absolute atomic E-state index is 0.681. The first-order valence-electron chi connectivity index (χ1n) is 5.39. The van der Waals surface area contributed by atoms with E-state index in [1.165, 1.54) is 11.1 Å². The Balaban J connectivity index is 2.44. The van der Waals surface area contributed by atoms with Crippen LogP contribution in [0, 0.1) is 0 Å². The molecule has 0 atom stereocenters. The Morgan fingerprint density at radius 3 is 3.00 bits per heavy atom. The van der Waals surface area contributed by atoms with Crippen LogP contribution in [-0.4, -0.2) is 20.3 Å². The quantitative estimate of drug-likeness (QED) is 0.819. The van der Waals surface area contributed by atoms with Gasteiger partial charge in [0.15, 0.2) is 11.5 Å². The molecule has 1 aliphatic heterocycles. The fourth-order valence-electron chi connectivity index (χ4n) is 1.99. The molecule has 1 aromatic rings. The van der Waals surface area contributed by atoms with E-state index in [0.717, 1.165) is 31.0 Å². The number of nitrogens with one attached hydrogen (secondary N) is 1. The number of benzene rings is 1. The molecule has 2 rings (SSSR count). The van der Waals surface area contributed by atoms with Crippen molar-refractivity contribution in [3.8, 4) is 11.5 Å². The lowest BCUT2D eigenvalue weighted by Gasteiger charge is -2.21. The summed E-state index contributed by atoms with van der Waals surface area (Å²) in [5.74, 6) is 1.77. The third-order valence-electron chi connectivity index (χ3n) is 2.70. The van der Waals surface area contributed by atoms with Crippen molar-refractivity contribution >= 4 is 0 Å². The molecular weight excluding hydrogens is 190 g/mol. The van der Waals surface area contributed by atoms with Crippen LogP contribution >= 0.6 is 0 Å². The van der Waals surface area contributed by atoms with Gasteiger partial charge in [-0.3, -0.25) is 0 Å². The molecule has 82 valence electrons. The first-order chi connectivity index (χ1) is 7.36. The lowest BCUT2D eigenvalue weighted by Crippen LogP contribution is -2.24. The van der Waals surface area contributed by atoms with Gasteiger partial charge in [-0.15, -0.1) is 0 Å². The van der Waals surface area contributed by atoms with Crippen LogP contribution in [0.4, 0.5) is 0 Å². The van der Waals surface area contributed by atoms with Gasteiger partial charge in [-0.1, -0.05) is 6.07 Å². The molecule has 0 bridgehead atoms. The number of hydrogen-bond acceptors (Lipinski definition) is 3. The molecular formula is C12H17NO2. The summed E-state index contributed by atoms with van der Waals surface area (Å²) in [7, 11) is 1.69. The molecule has 0 fully saturated rings. The van der Waals surface area contributed by atoms with E-state index in [4.69, 9.17) is 9.47 Å². The molecule has 0 saturated carbocycles. The fourth-order valence-corrected chi connectivity index (χ4v) is 1.99. The lowest BCUT2D eigenvalue weighted by atomic mass is 9.99. The van der Waals surface area contributed by atoms with Crippen molar-refractivity contribution in [1.82, 2.24) is 5.32 Å². The van der Waals surface area contributed by atoms with Crippen LogP contribution in [0.1, 0.15) is 18.1 Å². The zero-order valence-electron chi connectivity index (χ0n) is 9.30. The Bertz CT molecular complexity index is 350. The molecule has 3 heteroatoms. The van der Waals surface area contributed by atoms with Crippen molar-refractivity contribution < 1.29 is 9.47 Å². The summed E-state index contributed by atoms with van der Waals surface area (Å²) in [4.78, 5) is 0. The number of methoxy groups -OCH3 is 1. The Hall–Kier alpha value is -1.22. The largest absolute Gasteiger partial charge is 0.493 e. The van der Waals surface area contributed by atoms with Crippen molar-refractivity contribution in [2.75, 3.05) is 20.3 Å². The van der Waals surface area contributed by atoms with Crippen LogP contribution in [0.25, 0.3) is 0 Å². The summed E-state index contributed by atoms with van der Waals surface area (Å²) < 4.78 is 11.0. The predicted octanol–water partition coefficient (Wildman–Crippen LogP) is 1.74. The van der Waals surface area contributed by atoms with Gasteiger partial charge < -0.3 is 14.8 Å². The average Bonchev–Trinajstić information content (AvgIpc) is 2.30. The molecule has 1 aromatic carbocycles. The summed E-state index contributed by atoms with van der Waals surface area (Å²) in [5.41, 5.74) is 2.63. The topological polar surface area (TPSA) is 30.5 Å². The van der Waals surface area contributed by atoms with Crippen LogP contribution < -0.4 is 14.8 Å². The SMILES string of the molecule is CCOc1c(OC)ccc2c1CCNC2. The number of rotatable bonds is 3. The van der Waals surface area contributed by atoms with Crippen molar-refractivity contribution in [1.29, 1.82) is 0 Å². The predicted molar refractivity (Wildman–Crippen MR) is 59.6 cm³/mol. The Morgan fingerprint density at radius 2 is 2.27 bits per heavy atom. The molecule has 0 radical (unpaired) electrons. The first-order valence-corrected chi connectivity index (χ1v) is 5.39. The van der Waals surface area contributed by atoms with Crippen molar-refractivity contribution in [2.24, 2.45) is 0 Å². The average molecular weight is 207 g/mol. The van der Waals surface area contributed by atoms with Gasteiger partial charge in [0, 0.05) is 12.1 Å². The van der Waals surface area contributed by atoms with E-state index >= 15 is 0 Å². The third-order valence-corrected chi connectivity index (χ3v) is 2.70. The molecule has 0 aromatic heterocycles. The molecule has 1 N–H and O–H groups in total. The van der Waals surface area contributed by atoms with Crippen molar-refractivity contribution in [3.05, 3.63) is 23.3 Å². The molecule has 1 heterocycles. The molecule has 1 aliphatic rings. The maximum Gasteiger partial charge on any atom is 0.164 e. The van der Waals surface area contributed by atoms with Crippen LogP contribution in [-0.2, 0) is 13.0 Å². The highest BCUT2D eigenvalue weighted by Crippen LogP contribution is 2.35. The van der Waals surface area contributed by atoms with Gasteiger partial charge in [0.1, 0.15) is 0 Å². The minimum atomic E-state index is 0.681. The van der Waals surface area contributed by atoms with Crippen LogP contribution in [0.3, 0.4) is 0 Å². The van der Waals surface area contributed by atoms with Gasteiger partial charge in [-0.05, 0) is 31.5 Å². The van der Waals surface area contributed by atoms with Gasteiger partial charge in [0.2, 0.25) is 0 Å². The van der Waals surface area contributed by atoms with Crippen molar-refractivity contribution in [2.45, 2.75) is 19.9 Å². The van der Waals surface area contributed by atoms with Gasteiger partial charge in [-0.2, -0.15) is 0 Å². The zero-order valence-corrected chi connectivity index (χ0v) is 9.30. The van der Waals surface area contributed by atoms with E-state index in [9.17, 15) is 0 Å². The highest BCUT2D eigenvalue weighted by molar-refractivity contribution is 5.51. The highest BCUT2D eigenvalue weighted by Gasteiger charge is 2.17. The Kier molecular flexibility index (Phi) is 3.11. The Morgan fingerprint density at radius 1 is 1.40 bits per heavy atom. The van der Waals surface area contributed by atoms with E-state index in [2.05, 4.69) is 11.4 Å². The number of hydrogen-bond donors (Lipinski definition) is 1. The van der Waals surface area contributed by atoms with Crippen molar-refractivity contribution in [3.63, 3.8) is 0 Å². The van der Waals surface area contributed by atoms with E-state index < -0.39 is 0 Å². The molecule has 0 saturated heterocycles.